The maximum Gasteiger partial charge on any atom is 0.495 e. The Balaban J connectivity index is 2.46. The molecular weight excluding hydrogens is 290 g/mol. The van der Waals surface area contributed by atoms with E-state index in [4.69, 9.17) is 25.6 Å². The third kappa shape index (κ3) is 2.70. The quantitative estimate of drug-likeness (QED) is 0.622. The monoisotopic (exact) mass is 310 g/mol. The summed E-state index contributed by atoms with van der Waals surface area (Å²) in [6.07, 6.45) is 0. The first kappa shape index (κ1) is 16.3. The Morgan fingerprint density at radius 2 is 1.71 bits per heavy atom. The number of esters is 1. The first-order valence-corrected chi connectivity index (χ1v) is 7.21. The SMILES string of the molecule is COC(=O)c1c(Cl)ccc(B2OC(C)(C)C(C)(C)O2)c1C. The molecule has 114 valence electrons. The van der Waals surface area contributed by atoms with Gasteiger partial charge in [0.15, 0.2) is 0 Å². The second-order valence-corrected chi connectivity index (χ2v) is 6.62. The molecule has 1 saturated heterocycles. The highest BCUT2D eigenvalue weighted by Gasteiger charge is 2.52. The fraction of sp³-hybridized carbons (Fsp3) is 0.533. The van der Waals surface area contributed by atoms with Crippen molar-refractivity contribution in [3.63, 3.8) is 0 Å². The Hall–Kier alpha value is -1.04. The van der Waals surface area contributed by atoms with Gasteiger partial charge in [-0.1, -0.05) is 17.7 Å². The average Bonchev–Trinajstić information content (AvgIpc) is 2.57. The van der Waals surface area contributed by atoms with Crippen LogP contribution in [0.15, 0.2) is 12.1 Å². The first-order valence-electron chi connectivity index (χ1n) is 6.83. The van der Waals surface area contributed by atoms with E-state index in [9.17, 15) is 4.79 Å². The lowest BCUT2D eigenvalue weighted by atomic mass is 9.75. The van der Waals surface area contributed by atoms with E-state index in [0.717, 1.165) is 5.46 Å². The van der Waals surface area contributed by atoms with E-state index >= 15 is 0 Å². The van der Waals surface area contributed by atoms with E-state index in [1.54, 1.807) is 6.07 Å². The van der Waals surface area contributed by atoms with Crippen molar-refractivity contribution in [3.8, 4) is 0 Å². The van der Waals surface area contributed by atoms with Crippen molar-refractivity contribution in [2.75, 3.05) is 7.11 Å². The number of hydrogen-bond donors (Lipinski definition) is 0. The zero-order valence-electron chi connectivity index (χ0n) is 13.2. The van der Waals surface area contributed by atoms with Gasteiger partial charge in [0.05, 0.1) is 28.9 Å². The van der Waals surface area contributed by atoms with Crippen molar-refractivity contribution < 1.29 is 18.8 Å². The molecule has 0 aromatic heterocycles. The Morgan fingerprint density at radius 3 is 2.19 bits per heavy atom. The van der Waals surface area contributed by atoms with E-state index in [0.29, 0.717) is 16.1 Å². The van der Waals surface area contributed by atoms with Gasteiger partial charge in [-0.15, -0.1) is 0 Å². The maximum atomic E-state index is 11.9. The number of ether oxygens (including phenoxy) is 1. The van der Waals surface area contributed by atoms with Crippen molar-refractivity contribution in [2.45, 2.75) is 45.8 Å². The molecular formula is C15H20BClO4. The lowest BCUT2D eigenvalue weighted by Gasteiger charge is -2.32. The summed E-state index contributed by atoms with van der Waals surface area (Å²) >= 11 is 6.11. The van der Waals surface area contributed by atoms with Gasteiger partial charge in [-0.2, -0.15) is 0 Å². The Kier molecular flexibility index (Phi) is 4.13. The molecule has 0 radical (unpaired) electrons. The summed E-state index contributed by atoms with van der Waals surface area (Å²) in [5, 5.41) is 0.361. The number of rotatable bonds is 2. The largest absolute Gasteiger partial charge is 0.495 e. The lowest BCUT2D eigenvalue weighted by molar-refractivity contribution is 0.00578. The smallest absolute Gasteiger partial charge is 0.465 e. The first-order chi connectivity index (χ1) is 9.60. The number of halogens is 1. The molecule has 2 rings (SSSR count). The molecule has 0 unspecified atom stereocenters. The van der Waals surface area contributed by atoms with Gasteiger partial charge in [0.2, 0.25) is 0 Å². The summed E-state index contributed by atoms with van der Waals surface area (Å²) in [6, 6.07) is 3.49. The van der Waals surface area contributed by atoms with Gasteiger partial charge in [0.25, 0.3) is 0 Å². The van der Waals surface area contributed by atoms with Crippen molar-refractivity contribution in [3.05, 3.63) is 28.3 Å². The molecule has 0 amide bonds. The summed E-state index contributed by atoms with van der Waals surface area (Å²) in [5.41, 5.74) is 0.988. The topological polar surface area (TPSA) is 44.8 Å². The van der Waals surface area contributed by atoms with Crippen molar-refractivity contribution in [1.29, 1.82) is 0 Å². The molecule has 1 aliphatic heterocycles. The minimum absolute atomic E-state index is 0.353. The number of benzene rings is 1. The molecule has 21 heavy (non-hydrogen) atoms. The van der Waals surface area contributed by atoms with Gasteiger partial charge in [-0.05, 0) is 51.7 Å². The summed E-state index contributed by atoms with van der Waals surface area (Å²) < 4.78 is 16.8. The van der Waals surface area contributed by atoms with Gasteiger partial charge >= 0.3 is 13.1 Å². The van der Waals surface area contributed by atoms with Gasteiger partial charge in [0.1, 0.15) is 0 Å². The van der Waals surface area contributed by atoms with E-state index < -0.39 is 24.3 Å². The third-order valence-corrected chi connectivity index (χ3v) is 4.67. The zero-order chi connectivity index (χ0) is 16.0. The van der Waals surface area contributed by atoms with Crippen LogP contribution in [0.5, 0.6) is 0 Å². The maximum absolute atomic E-state index is 11.9. The summed E-state index contributed by atoms with van der Waals surface area (Å²) in [6.45, 7) is 9.76. The van der Waals surface area contributed by atoms with Gasteiger partial charge in [-0.25, -0.2) is 4.79 Å². The predicted octanol–water partition coefficient (Wildman–Crippen LogP) is 2.73. The number of hydrogen-bond acceptors (Lipinski definition) is 4. The van der Waals surface area contributed by atoms with Crippen molar-refractivity contribution >= 4 is 30.2 Å². The van der Waals surface area contributed by atoms with E-state index in [1.807, 2.05) is 40.7 Å². The molecule has 0 spiro atoms. The molecule has 0 N–H and O–H groups in total. The Morgan fingerprint density at radius 1 is 1.19 bits per heavy atom. The van der Waals surface area contributed by atoms with Crippen LogP contribution < -0.4 is 5.46 Å². The molecule has 6 heteroatoms. The van der Waals surface area contributed by atoms with E-state index in [-0.39, 0.29) is 0 Å². The Bertz CT molecular complexity index is 567. The summed E-state index contributed by atoms with van der Waals surface area (Å²) in [7, 11) is 0.801. The third-order valence-electron chi connectivity index (χ3n) is 4.35. The molecule has 1 aromatic carbocycles. The van der Waals surface area contributed by atoms with Crippen molar-refractivity contribution in [1.82, 2.24) is 0 Å². The average molecular weight is 311 g/mol. The molecule has 1 fully saturated rings. The molecule has 1 aromatic rings. The highest BCUT2D eigenvalue weighted by molar-refractivity contribution is 6.63. The second-order valence-electron chi connectivity index (χ2n) is 6.22. The number of carbonyl (C=O) groups is 1. The standard InChI is InChI=1S/C15H20BClO4/c1-9-10(7-8-11(17)12(9)13(18)19-6)16-20-14(2,3)15(4,5)21-16/h7-8H,1-6H3. The molecule has 4 nitrogen and oxygen atoms in total. The van der Waals surface area contributed by atoms with Crippen LogP contribution in [0.4, 0.5) is 0 Å². The van der Waals surface area contributed by atoms with Gasteiger partial charge in [-0.3, -0.25) is 0 Å². The zero-order valence-corrected chi connectivity index (χ0v) is 14.0. The molecule has 0 aliphatic carbocycles. The minimum atomic E-state index is -0.532. The van der Waals surface area contributed by atoms with Crippen LogP contribution in [-0.2, 0) is 14.0 Å². The van der Waals surface area contributed by atoms with Crippen LogP contribution in [0.3, 0.4) is 0 Å². The number of carbonyl (C=O) groups excluding carboxylic acids is 1. The van der Waals surface area contributed by atoms with Crippen LogP contribution in [-0.4, -0.2) is 31.4 Å². The summed E-state index contributed by atoms with van der Waals surface area (Å²) in [4.78, 5) is 11.9. The highest BCUT2D eigenvalue weighted by atomic mass is 35.5. The highest BCUT2D eigenvalue weighted by Crippen LogP contribution is 2.37. The van der Waals surface area contributed by atoms with Crippen LogP contribution >= 0.6 is 11.6 Å². The Labute approximate surface area is 130 Å². The molecule has 0 saturated carbocycles. The van der Waals surface area contributed by atoms with Gasteiger partial charge < -0.3 is 14.0 Å². The van der Waals surface area contributed by atoms with Crippen LogP contribution in [0.25, 0.3) is 0 Å². The molecule has 0 bridgehead atoms. The fourth-order valence-electron chi connectivity index (χ4n) is 2.27. The van der Waals surface area contributed by atoms with E-state index in [1.165, 1.54) is 7.11 Å². The predicted molar refractivity (Wildman–Crippen MR) is 83.2 cm³/mol. The lowest BCUT2D eigenvalue weighted by Crippen LogP contribution is -2.41. The van der Waals surface area contributed by atoms with E-state index in [2.05, 4.69) is 0 Å². The molecule has 1 heterocycles. The van der Waals surface area contributed by atoms with Crippen molar-refractivity contribution in [2.24, 2.45) is 0 Å². The summed E-state index contributed by atoms with van der Waals surface area (Å²) in [5.74, 6) is -0.462. The van der Waals surface area contributed by atoms with Gasteiger partial charge in [0, 0.05) is 0 Å². The second kappa shape index (κ2) is 5.31. The van der Waals surface area contributed by atoms with Crippen LogP contribution in [0, 0.1) is 6.92 Å². The normalized spacial score (nSPS) is 19.7. The van der Waals surface area contributed by atoms with Crippen LogP contribution in [0.2, 0.25) is 5.02 Å². The molecule has 0 atom stereocenters. The molecule has 1 aliphatic rings. The van der Waals surface area contributed by atoms with Crippen LogP contribution in [0.1, 0.15) is 43.6 Å². The fourth-order valence-corrected chi connectivity index (χ4v) is 2.55. The minimum Gasteiger partial charge on any atom is -0.465 e. The number of methoxy groups -OCH3 is 1.